The Morgan fingerprint density at radius 3 is 2.18 bits per heavy atom. The summed E-state index contributed by atoms with van der Waals surface area (Å²) in [5.41, 5.74) is -0.0131. The number of hydrogen-bond donors (Lipinski definition) is 1. The Kier molecular flexibility index (Phi) is 9.85. The van der Waals surface area contributed by atoms with Crippen molar-refractivity contribution in [2.45, 2.75) is 84.3 Å². The summed E-state index contributed by atoms with van der Waals surface area (Å²) in [6, 6.07) is 0.490. The summed E-state index contributed by atoms with van der Waals surface area (Å²) in [6.45, 7) is 9.91. The quantitative estimate of drug-likeness (QED) is 0.551. The van der Waals surface area contributed by atoms with Gasteiger partial charge in [-0.3, -0.25) is 0 Å². The largest absolute Gasteiger partial charge is 0.377 e. The molecule has 0 amide bonds. The zero-order valence-electron chi connectivity index (χ0n) is 12.6. The van der Waals surface area contributed by atoms with Crippen LogP contribution in [0.15, 0.2) is 0 Å². The Bertz CT molecular complexity index is 166. The van der Waals surface area contributed by atoms with Crippen LogP contribution in [-0.4, -0.2) is 25.3 Å². The first-order valence-electron chi connectivity index (χ1n) is 7.43. The number of unbranched alkanes of at least 4 members (excludes halogenated alkanes) is 4. The fraction of sp³-hybridized carbons (Fsp3) is 1.00. The summed E-state index contributed by atoms with van der Waals surface area (Å²) in [6.07, 6.45) is 9.05. The molecule has 0 heterocycles. The molecule has 0 saturated carbocycles. The van der Waals surface area contributed by atoms with Crippen molar-refractivity contribution >= 4 is 0 Å². The lowest BCUT2D eigenvalue weighted by Crippen LogP contribution is -2.49. The number of hydrogen-bond acceptors (Lipinski definition) is 2. The van der Waals surface area contributed by atoms with E-state index < -0.39 is 0 Å². The topological polar surface area (TPSA) is 21.3 Å². The average Bonchev–Trinajstić information content (AvgIpc) is 2.36. The fourth-order valence-electron chi connectivity index (χ4n) is 2.35. The van der Waals surface area contributed by atoms with E-state index in [9.17, 15) is 0 Å². The molecule has 104 valence electrons. The van der Waals surface area contributed by atoms with E-state index in [1.54, 1.807) is 0 Å². The Balaban J connectivity index is 4.05. The molecule has 2 heteroatoms. The number of nitrogens with one attached hydrogen (secondary N) is 1. The maximum atomic E-state index is 5.72. The van der Waals surface area contributed by atoms with Crippen LogP contribution in [0.25, 0.3) is 0 Å². The van der Waals surface area contributed by atoms with Crippen molar-refractivity contribution in [3.05, 3.63) is 0 Å². The van der Waals surface area contributed by atoms with Crippen molar-refractivity contribution in [2.24, 2.45) is 0 Å². The third-order valence-electron chi connectivity index (χ3n) is 3.95. The lowest BCUT2D eigenvalue weighted by atomic mass is 9.89. The molecule has 1 N–H and O–H groups in total. The van der Waals surface area contributed by atoms with Gasteiger partial charge in [0.25, 0.3) is 0 Å². The van der Waals surface area contributed by atoms with Gasteiger partial charge in [0, 0.05) is 13.2 Å². The molecule has 0 aliphatic carbocycles. The molecule has 0 radical (unpaired) electrons. The van der Waals surface area contributed by atoms with Gasteiger partial charge in [-0.05, 0) is 26.3 Å². The van der Waals surface area contributed by atoms with Gasteiger partial charge in [0.15, 0.2) is 0 Å². The van der Waals surface area contributed by atoms with Gasteiger partial charge in [-0.1, -0.05) is 52.9 Å². The van der Waals surface area contributed by atoms with Crippen LogP contribution in [0.5, 0.6) is 0 Å². The maximum Gasteiger partial charge on any atom is 0.0800 e. The Labute approximate surface area is 109 Å². The maximum absolute atomic E-state index is 5.72. The lowest BCUT2D eigenvalue weighted by Gasteiger charge is -2.36. The van der Waals surface area contributed by atoms with Gasteiger partial charge in [0.2, 0.25) is 0 Å². The molecule has 0 aliphatic rings. The molecule has 2 atom stereocenters. The molecule has 0 aromatic heterocycles. The minimum atomic E-state index is -0.0131. The number of rotatable bonds is 11. The first-order valence-corrected chi connectivity index (χ1v) is 7.43. The van der Waals surface area contributed by atoms with E-state index in [4.69, 9.17) is 4.74 Å². The zero-order chi connectivity index (χ0) is 13.1. The van der Waals surface area contributed by atoms with E-state index in [2.05, 4.69) is 33.0 Å². The molecule has 0 rings (SSSR count). The van der Waals surface area contributed by atoms with Crippen LogP contribution in [-0.2, 0) is 4.74 Å². The van der Waals surface area contributed by atoms with Gasteiger partial charge in [0.05, 0.1) is 5.60 Å². The highest BCUT2D eigenvalue weighted by Gasteiger charge is 2.31. The second-order valence-electron chi connectivity index (χ2n) is 5.18. The first-order chi connectivity index (χ1) is 8.14. The van der Waals surface area contributed by atoms with E-state index in [1.807, 2.05) is 7.11 Å². The SMILES string of the molecule is CCCCCCCC(NCC)C(C)(CC)OC. The minimum absolute atomic E-state index is 0.0131. The second kappa shape index (κ2) is 9.90. The van der Waals surface area contributed by atoms with Crippen molar-refractivity contribution in [3.63, 3.8) is 0 Å². The molecular weight excluding hydrogens is 210 g/mol. The average molecular weight is 243 g/mol. The number of methoxy groups -OCH3 is 1. The van der Waals surface area contributed by atoms with Crippen molar-refractivity contribution < 1.29 is 4.74 Å². The first kappa shape index (κ1) is 16.9. The van der Waals surface area contributed by atoms with Crippen LogP contribution in [0.4, 0.5) is 0 Å². The van der Waals surface area contributed by atoms with Gasteiger partial charge >= 0.3 is 0 Å². The fourth-order valence-corrected chi connectivity index (χ4v) is 2.35. The normalized spacial score (nSPS) is 16.8. The van der Waals surface area contributed by atoms with E-state index in [0.29, 0.717) is 6.04 Å². The molecule has 0 aromatic rings. The highest BCUT2D eigenvalue weighted by molar-refractivity contribution is 4.88. The van der Waals surface area contributed by atoms with Crippen LogP contribution in [0.2, 0.25) is 0 Å². The summed E-state index contributed by atoms with van der Waals surface area (Å²) in [4.78, 5) is 0. The predicted octanol–water partition coefficient (Wildman–Crippen LogP) is 4.14. The van der Waals surface area contributed by atoms with Crippen molar-refractivity contribution in [3.8, 4) is 0 Å². The van der Waals surface area contributed by atoms with E-state index >= 15 is 0 Å². The molecule has 17 heavy (non-hydrogen) atoms. The second-order valence-corrected chi connectivity index (χ2v) is 5.18. The molecule has 0 aromatic carbocycles. The van der Waals surface area contributed by atoms with Crippen LogP contribution in [0, 0.1) is 0 Å². The summed E-state index contributed by atoms with van der Waals surface area (Å²) in [7, 11) is 1.84. The standard InChI is InChI=1S/C15H33NO/c1-6-9-10-11-12-13-14(16-8-3)15(4,7-2)17-5/h14,16H,6-13H2,1-5H3. The zero-order valence-corrected chi connectivity index (χ0v) is 12.6. The van der Waals surface area contributed by atoms with Crippen molar-refractivity contribution in [1.82, 2.24) is 5.32 Å². The highest BCUT2D eigenvalue weighted by Crippen LogP contribution is 2.23. The van der Waals surface area contributed by atoms with E-state index in [-0.39, 0.29) is 5.60 Å². The summed E-state index contributed by atoms with van der Waals surface area (Å²) < 4.78 is 5.72. The smallest absolute Gasteiger partial charge is 0.0800 e. The van der Waals surface area contributed by atoms with E-state index in [1.165, 1.54) is 38.5 Å². The summed E-state index contributed by atoms with van der Waals surface area (Å²) >= 11 is 0. The highest BCUT2D eigenvalue weighted by atomic mass is 16.5. The molecule has 0 saturated heterocycles. The number of likely N-dealkylation sites (N-methyl/N-ethyl adjacent to an activating group) is 1. The Morgan fingerprint density at radius 2 is 1.71 bits per heavy atom. The van der Waals surface area contributed by atoms with Crippen LogP contribution >= 0.6 is 0 Å². The number of ether oxygens (including phenoxy) is 1. The molecule has 2 unspecified atom stereocenters. The molecule has 0 spiro atoms. The molecule has 0 bridgehead atoms. The third-order valence-corrected chi connectivity index (χ3v) is 3.95. The van der Waals surface area contributed by atoms with Gasteiger partial charge in [-0.2, -0.15) is 0 Å². The minimum Gasteiger partial charge on any atom is -0.377 e. The van der Waals surface area contributed by atoms with Crippen molar-refractivity contribution in [1.29, 1.82) is 0 Å². The summed E-state index contributed by atoms with van der Waals surface area (Å²) in [5.74, 6) is 0. The van der Waals surface area contributed by atoms with Crippen LogP contribution in [0.3, 0.4) is 0 Å². The van der Waals surface area contributed by atoms with Gasteiger partial charge < -0.3 is 10.1 Å². The molecule has 2 nitrogen and oxygen atoms in total. The molecule has 0 fully saturated rings. The van der Waals surface area contributed by atoms with Gasteiger partial charge in [0.1, 0.15) is 0 Å². The van der Waals surface area contributed by atoms with Crippen LogP contribution < -0.4 is 5.32 Å². The molecular formula is C15H33NO. The Hall–Kier alpha value is -0.0800. The monoisotopic (exact) mass is 243 g/mol. The summed E-state index contributed by atoms with van der Waals surface area (Å²) in [5, 5.41) is 3.59. The third kappa shape index (κ3) is 6.42. The Morgan fingerprint density at radius 1 is 1.06 bits per heavy atom. The lowest BCUT2D eigenvalue weighted by molar-refractivity contribution is -0.0312. The molecule has 0 aliphatic heterocycles. The van der Waals surface area contributed by atoms with E-state index in [0.717, 1.165) is 13.0 Å². The predicted molar refractivity (Wildman–Crippen MR) is 76.5 cm³/mol. The van der Waals surface area contributed by atoms with Crippen molar-refractivity contribution in [2.75, 3.05) is 13.7 Å². The van der Waals surface area contributed by atoms with Crippen LogP contribution in [0.1, 0.15) is 72.6 Å². The van der Waals surface area contributed by atoms with Gasteiger partial charge in [-0.25, -0.2) is 0 Å². The van der Waals surface area contributed by atoms with Gasteiger partial charge in [-0.15, -0.1) is 0 Å².